The van der Waals surface area contributed by atoms with E-state index in [0.717, 1.165) is 59.8 Å². The normalized spacial score (nSPS) is 13.9. The summed E-state index contributed by atoms with van der Waals surface area (Å²) in [5.74, 6) is 2.33. The Morgan fingerprint density at radius 2 is 1.63 bits per heavy atom. The second-order valence-corrected chi connectivity index (χ2v) is 7.71. The maximum absolute atomic E-state index is 6.28. The first-order valence-corrected chi connectivity index (χ1v) is 10.3. The fraction of sp³-hybridized carbons (Fsp3) is 0.231. The van der Waals surface area contributed by atoms with Crippen LogP contribution in [0.1, 0.15) is 16.7 Å². The van der Waals surface area contributed by atoms with Crippen LogP contribution in [0.4, 0.5) is 0 Å². The van der Waals surface area contributed by atoms with Gasteiger partial charge in [0.2, 0.25) is 0 Å². The molecule has 30 heavy (non-hydrogen) atoms. The van der Waals surface area contributed by atoms with E-state index in [4.69, 9.17) is 13.9 Å². The minimum atomic E-state index is 0.749. The summed E-state index contributed by atoms with van der Waals surface area (Å²) in [6.07, 6.45) is 1.09. The number of hydrogen-bond donors (Lipinski definition) is 0. The zero-order valence-electron chi connectivity index (χ0n) is 17.4. The van der Waals surface area contributed by atoms with Crippen LogP contribution in [0.2, 0.25) is 0 Å². The molecule has 0 saturated heterocycles. The van der Waals surface area contributed by atoms with Crippen molar-refractivity contribution < 1.29 is 13.9 Å². The molecule has 4 heteroatoms. The number of rotatable bonds is 5. The van der Waals surface area contributed by atoms with Gasteiger partial charge >= 0.3 is 0 Å². The Bertz CT molecular complexity index is 1190. The Labute approximate surface area is 176 Å². The Balaban J connectivity index is 1.52. The minimum Gasteiger partial charge on any atom is -0.496 e. The van der Waals surface area contributed by atoms with E-state index < -0.39 is 0 Å². The molecule has 152 valence electrons. The van der Waals surface area contributed by atoms with Gasteiger partial charge in [-0.25, -0.2) is 0 Å². The van der Waals surface area contributed by atoms with Crippen molar-refractivity contribution in [2.45, 2.75) is 19.5 Å². The second-order valence-electron chi connectivity index (χ2n) is 7.71. The first-order chi connectivity index (χ1) is 14.8. The predicted octanol–water partition coefficient (Wildman–Crippen LogP) is 5.68. The van der Waals surface area contributed by atoms with Crippen molar-refractivity contribution in [3.05, 3.63) is 83.4 Å². The molecule has 1 aromatic heterocycles. The van der Waals surface area contributed by atoms with Gasteiger partial charge in [-0.05, 0) is 47.4 Å². The molecule has 0 atom stereocenters. The number of methoxy groups -OCH3 is 2. The van der Waals surface area contributed by atoms with E-state index in [0.29, 0.717) is 0 Å². The lowest BCUT2D eigenvalue weighted by atomic mass is 9.99. The first-order valence-electron chi connectivity index (χ1n) is 10.3. The molecule has 0 unspecified atom stereocenters. The number of fused-ring (bicyclic) bond motifs is 2. The monoisotopic (exact) mass is 399 g/mol. The molecule has 0 N–H and O–H groups in total. The number of furan rings is 1. The fourth-order valence-corrected chi connectivity index (χ4v) is 4.36. The van der Waals surface area contributed by atoms with Gasteiger partial charge in [0.15, 0.2) is 11.3 Å². The van der Waals surface area contributed by atoms with Crippen molar-refractivity contribution in [3.8, 4) is 22.8 Å². The third-order valence-electron chi connectivity index (χ3n) is 5.93. The van der Waals surface area contributed by atoms with Crippen LogP contribution < -0.4 is 9.47 Å². The standard InChI is InChI=1S/C26H25NO3/c1-28-23-10-6-5-9-21(23)25-15-22-20(11-12-24(29-2)26(22)30-25)17-27-14-13-18-7-3-4-8-19(18)16-27/h3-12,15H,13-14,16-17H2,1-2H3. The van der Waals surface area contributed by atoms with Crippen LogP contribution >= 0.6 is 0 Å². The highest BCUT2D eigenvalue weighted by Gasteiger charge is 2.20. The predicted molar refractivity (Wildman–Crippen MR) is 119 cm³/mol. The molecule has 0 saturated carbocycles. The molecule has 1 aliphatic heterocycles. The van der Waals surface area contributed by atoms with Crippen molar-refractivity contribution in [1.29, 1.82) is 0 Å². The number of benzene rings is 3. The third kappa shape index (κ3) is 3.33. The molecule has 0 aliphatic carbocycles. The molecule has 0 bridgehead atoms. The van der Waals surface area contributed by atoms with Gasteiger partial charge in [-0.3, -0.25) is 4.90 Å². The van der Waals surface area contributed by atoms with E-state index in [2.05, 4.69) is 41.3 Å². The van der Waals surface area contributed by atoms with Gasteiger partial charge < -0.3 is 13.9 Å². The van der Waals surface area contributed by atoms with E-state index in [-0.39, 0.29) is 0 Å². The Hall–Kier alpha value is -3.24. The fourth-order valence-electron chi connectivity index (χ4n) is 4.36. The van der Waals surface area contributed by atoms with Crippen molar-refractivity contribution in [1.82, 2.24) is 4.90 Å². The van der Waals surface area contributed by atoms with E-state index >= 15 is 0 Å². The average molecular weight is 399 g/mol. The van der Waals surface area contributed by atoms with Gasteiger partial charge in [0, 0.05) is 25.0 Å². The lowest BCUT2D eigenvalue weighted by Gasteiger charge is -2.29. The molecule has 0 fully saturated rings. The van der Waals surface area contributed by atoms with Gasteiger partial charge in [-0.2, -0.15) is 0 Å². The summed E-state index contributed by atoms with van der Waals surface area (Å²) in [5, 5.41) is 1.09. The van der Waals surface area contributed by atoms with Gasteiger partial charge in [-0.1, -0.05) is 42.5 Å². The molecular formula is C26H25NO3. The maximum Gasteiger partial charge on any atom is 0.176 e. The van der Waals surface area contributed by atoms with E-state index in [1.54, 1.807) is 14.2 Å². The van der Waals surface area contributed by atoms with Gasteiger partial charge in [-0.15, -0.1) is 0 Å². The lowest BCUT2D eigenvalue weighted by Crippen LogP contribution is -2.30. The second kappa shape index (κ2) is 7.88. The van der Waals surface area contributed by atoms with Crippen LogP contribution in [0.3, 0.4) is 0 Å². The summed E-state index contributed by atoms with van der Waals surface area (Å²) in [4.78, 5) is 2.50. The third-order valence-corrected chi connectivity index (χ3v) is 5.93. The summed E-state index contributed by atoms with van der Waals surface area (Å²) in [5.41, 5.74) is 5.87. The van der Waals surface area contributed by atoms with E-state index in [1.807, 2.05) is 30.3 Å². The van der Waals surface area contributed by atoms with Crippen LogP contribution in [0, 0.1) is 0 Å². The minimum absolute atomic E-state index is 0.749. The molecule has 0 radical (unpaired) electrons. The van der Waals surface area contributed by atoms with Crippen molar-refractivity contribution in [2.75, 3.05) is 20.8 Å². The number of ether oxygens (including phenoxy) is 2. The highest BCUT2D eigenvalue weighted by molar-refractivity contribution is 5.91. The number of nitrogens with zero attached hydrogens (tertiary/aromatic N) is 1. The SMILES string of the molecule is COc1ccccc1-c1cc2c(CN3CCc4ccccc4C3)ccc(OC)c2o1. The van der Waals surface area contributed by atoms with Gasteiger partial charge in [0.1, 0.15) is 11.5 Å². The number of hydrogen-bond acceptors (Lipinski definition) is 4. The van der Waals surface area contributed by atoms with E-state index in [1.165, 1.54) is 16.7 Å². The molecule has 3 aromatic carbocycles. The molecular weight excluding hydrogens is 374 g/mol. The topological polar surface area (TPSA) is 34.8 Å². The smallest absolute Gasteiger partial charge is 0.176 e. The Morgan fingerprint density at radius 1 is 0.867 bits per heavy atom. The molecule has 5 rings (SSSR count). The van der Waals surface area contributed by atoms with Crippen molar-refractivity contribution >= 4 is 11.0 Å². The molecule has 0 amide bonds. The van der Waals surface area contributed by atoms with Crippen LogP contribution in [-0.2, 0) is 19.5 Å². The Morgan fingerprint density at radius 3 is 2.47 bits per heavy atom. The van der Waals surface area contributed by atoms with Gasteiger partial charge in [0.25, 0.3) is 0 Å². The number of para-hydroxylation sites is 1. The Kier molecular flexibility index (Phi) is 4.93. The summed E-state index contributed by atoms with van der Waals surface area (Å²) in [6.45, 7) is 2.91. The van der Waals surface area contributed by atoms with Crippen molar-refractivity contribution in [3.63, 3.8) is 0 Å². The largest absolute Gasteiger partial charge is 0.496 e. The van der Waals surface area contributed by atoms with Crippen LogP contribution in [0.25, 0.3) is 22.3 Å². The highest BCUT2D eigenvalue weighted by atomic mass is 16.5. The highest BCUT2D eigenvalue weighted by Crippen LogP contribution is 2.39. The summed E-state index contributed by atoms with van der Waals surface area (Å²) >= 11 is 0. The zero-order valence-corrected chi connectivity index (χ0v) is 17.4. The first kappa shape index (κ1) is 18.8. The summed E-state index contributed by atoms with van der Waals surface area (Å²) < 4.78 is 17.4. The maximum atomic E-state index is 6.28. The summed E-state index contributed by atoms with van der Waals surface area (Å²) in [7, 11) is 3.36. The average Bonchev–Trinajstić information content (AvgIpc) is 3.25. The quantitative estimate of drug-likeness (QED) is 0.433. The molecule has 4 nitrogen and oxygen atoms in total. The molecule has 0 spiro atoms. The van der Waals surface area contributed by atoms with Crippen LogP contribution in [0.5, 0.6) is 11.5 Å². The van der Waals surface area contributed by atoms with E-state index in [9.17, 15) is 0 Å². The zero-order chi connectivity index (χ0) is 20.5. The lowest BCUT2D eigenvalue weighted by molar-refractivity contribution is 0.246. The van der Waals surface area contributed by atoms with Crippen LogP contribution in [-0.4, -0.2) is 25.7 Å². The molecule has 4 aromatic rings. The summed E-state index contributed by atoms with van der Waals surface area (Å²) in [6, 6.07) is 22.9. The van der Waals surface area contributed by atoms with Crippen molar-refractivity contribution in [2.24, 2.45) is 0 Å². The molecule has 2 heterocycles. The van der Waals surface area contributed by atoms with Gasteiger partial charge in [0.05, 0.1) is 19.8 Å². The molecule has 1 aliphatic rings. The van der Waals surface area contributed by atoms with Crippen LogP contribution in [0.15, 0.2) is 71.1 Å².